The van der Waals surface area contributed by atoms with Crippen LogP contribution in [0.2, 0.25) is 0 Å². The van der Waals surface area contributed by atoms with Crippen molar-refractivity contribution in [1.29, 1.82) is 0 Å². The van der Waals surface area contributed by atoms with E-state index in [0.29, 0.717) is 5.95 Å². The molecule has 3 aromatic heterocycles. The van der Waals surface area contributed by atoms with Crippen molar-refractivity contribution < 1.29 is 0 Å². The second kappa shape index (κ2) is 5.09. The molecule has 104 valence electrons. The molecule has 0 atom stereocenters. The van der Waals surface area contributed by atoms with Crippen LogP contribution < -0.4 is 10.6 Å². The van der Waals surface area contributed by atoms with Crippen molar-refractivity contribution in [2.75, 3.05) is 17.7 Å². The van der Waals surface area contributed by atoms with Crippen molar-refractivity contribution >= 4 is 39.1 Å². The highest BCUT2D eigenvalue weighted by Gasteiger charge is 2.11. The van der Waals surface area contributed by atoms with Gasteiger partial charge in [0.15, 0.2) is 5.82 Å². The maximum absolute atomic E-state index is 4.50. The van der Waals surface area contributed by atoms with Crippen LogP contribution in [-0.4, -0.2) is 26.8 Å². The van der Waals surface area contributed by atoms with E-state index in [4.69, 9.17) is 0 Å². The number of anilines is 3. The first-order chi connectivity index (χ1) is 9.69. The molecule has 0 amide bonds. The first-order valence-corrected chi connectivity index (χ1v) is 7.26. The Morgan fingerprint density at radius 2 is 2.20 bits per heavy atom. The standard InChI is InChI=1S/C13H16N6S/c1-4-8-7-9-11(15-10-5-6-19(3)18-10)16-13(14-2)17-12(9)20-8/h5-7H,4H2,1-3H3,(H2,14,15,16,17,18). The molecule has 0 unspecified atom stereocenters. The van der Waals surface area contributed by atoms with Crippen LogP contribution in [0.1, 0.15) is 11.8 Å². The highest BCUT2D eigenvalue weighted by atomic mass is 32.1. The number of thiophene rings is 1. The van der Waals surface area contributed by atoms with Crippen molar-refractivity contribution in [2.45, 2.75) is 13.3 Å². The summed E-state index contributed by atoms with van der Waals surface area (Å²) in [5, 5.41) is 11.6. The van der Waals surface area contributed by atoms with Crippen LogP contribution in [-0.2, 0) is 13.5 Å². The average Bonchev–Trinajstić information content (AvgIpc) is 3.04. The lowest BCUT2D eigenvalue weighted by molar-refractivity contribution is 0.771. The van der Waals surface area contributed by atoms with Gasteiger partial charge in [0.25, 0.3) is 0 Å². The maximum atomic E-state index is 4.50. The summed E-state index contributed by atoms with van der Waals surface area (Å²) in [6.07, 6.45) is 2.89. The number of rotatable bonds is 4. The molecule has 3 rings (SSSR count). The number of aromatic nitrogens is 4. The monoisotopic (exact) mass is 288 g/mol. The van der Waals surface area contributed by atoms with E-state index in [1.165, 1.54) is 4.88 Å². The second-order valence-corrected chi connectivity index (χ2v) is 5.55. The lowest BCUT2D eigenvalue weighted by atomic mass is 10.3. The summed E-state index contributed by atoms with van der Waals surface area (Å²) in [5.74, 6) is 2.17. The molecule has 0 saturated carbocycles. The van der Waals surface area contributed by atoms with E-state index in [2.05, 4.69) is 38.7 Å². The number of hydrogen-bond donors (Lipinski definition) is 2. The molecule has 6 nitrogen and oxygen atoms in total. The molecular weight excluding hydrogens is 272 g/mol. The van der Waals surface area contributed by atoms with Crippen molar-refractivity contribution in [3.8, 4) is 0 Å². The van der Waals surface area contributed by atoms with Gasteiger partial charge in [0.2, 0.25) is 5.95 Å². The highest BCUT2D eigenvalue weighted by molar-refractivity contribution is 7.18. The Hall–Kier alpha value is -2.15. The minimum Gasteiger partial charge on any atom is -0.357 e. The first kappa shape index (κ1) is 12.9. The Morgan fingerprint density at radius 3 is 2.85 bits per heavy atom. The van der Waals surface area contributed by atoms with Gasteiger partial charge < -0.3 is 10.6 Å². The Morgan fingerprint density at radius 1 is 1.35 bits per heavy atom. The SMILES string of the molecule is CCc1cc2c(Nc3ccn(C)n3)nc(NC)nc2s1. The molecule has 0 spiro atoms. The minimum atomic E-state index is 0.612. The van der Waals surface area contributed by atoms with Crippen LogP contribution in [0.5, 0.6) is 0 Å². The average molecular weight is 288 g/mol. The smallest absolute Gasteiger partial charge is 0.225 e. The molecule has 3 heterocycles. The highest BCUT2D eigenvalue weighted by Crippen LogP contribution is 2.31. The zero-order valence-corrected chi connectivity index (χ0v) is 12.5. The summed E-state index contributed by atoms with van der Waals surface area (Å²) >= 11 is 1.70. The molecule has 0 aliphatic carbocycles. The van der Waals surface area contributed by atoms with Gasteiger partial charge in [-0.1, -0.05) is 6.92 Å². The molecule has 20 heavy (non-hydrogen) atoms. The molecule has 0 saturated heterocycles. The Labute approximate surface area is 120 Å². The summed E-state index contributed by atoms with van der Waals surface area (Å²) in [4.78, 5) is 11.3. The largest absolute Gasteiger partial charge is 0.357 e. The summed E-state index contributed by atoms with van der Waals surface area (Å²) in [5.41, 5.74) is 0. The van der Waals surface area contributed by atoms with E-state index in [9.17, 15) is 0 Å². The van der Waals surface area contributed by atoms with E-state index in [-0.39, 0.29) is 0 Å². The van der Waals surface area contributed by atoms with Crippen molar-refractivity contribution in [3.63, 3.8) is 0 Å². The van der Waals surface area contributed by atoms with E-state index in [0.717, 1.165) is 28.3 Å². The third-order valence-electron chi connectivity index (χ3n) is 2.98. The van der Waals surface area contributed by atoms with E-state index < -0.39 is 0 Å². The third kappa shape index (κ3) is 2.32. The van der Waals surface area contributed by atoms with Gasteiger partial charge in [-0.25, -0.2) is 4.98 Å². The molecule has 2 N–H and O–H groups in total. The summed E-state index contributed by atoms with van der Waals surface area (Å²) < 4.78 is 1.75. The number of fused-ring (bicyclic) bond motifs is 1. The van der Waals surface area contributed by atoms with Gasteiger partial charge in [0, 0.05) is 31.2 Å². The van der Waals surface area contributed by atoms with Gasteiger partial charge >= 0.3 is 0 Å². The normalized spacial score (nSPS) is 10.9. The molecule has 0 fully saturated rings. The van der Waals surface area contributed by atoms with Crippen molar-refractivity contribution in [3.05, 3.63) is 23.2 Å². The first-order valence-electron chi connectivity index (χ1n) is 6.44. The molecular formula is C13H16N6S. The van der Waals surface area contributed by atoms with Crippen LogP contribution in [0.15, 0.2) is 18.3 Å². The van der Waals surface area contributed by atoms with Crippen LogP contribution in [0.4, 0.5) is 17.6 Å². The third-order valence-corrected chi connectivity index (χ3v) is 4.15. The summed E-state index contributed by atoms with van der Waals surface area (Å²) in [7, 11) is 3.71. The van der Waals surface area contributed by atoms with Gasteiger partial charge in [0.05, 0.1) is 5.39 Å². The predicted octanol–water partition coefficient (Wildman–Crippen LogP) is 2.77. The maximum Gasteiger partial charge on any atom is 0.225 e. The van der Waals surface area contributed by atoms with Gasteiger partial charge in [0.1, 0.15) is 10.6 Å². The van der Waals surface area contributed by atoms with Crippen molar-refractivity contribution in [1.82, 2.24) is 19.7 Å². The molecule has 0 bridgehead atoms. The minimum absolute atomic E-state index is 0.612. The number of aryl methyl sites for hydroxylation is 2. The fraction of sp³-hybridized carbons (Fsp3) is 0.308. The van der Waals surface area contributed by atoms with E-state index in [1.807, 2.05) is 26.4 Å². The van der Waals surface area contributed by atoms with E-state index in [1.54, 1.807) is 16.0 Å². The Kier molecular flexibility index (Phi) is 3.27. The number of nitrogens with one attached hydrogen (secondary N) is 2. The van der Waals surface area contributed by atoms with Gasteiger partial charge in [-0.2, -0.15) is 10.1 Å². The Bertz CT molecular complexity index is 744. The van der Waals surface area contributed by atoms with Crippen LogP contribution in [0, 0.1) is 0 Å². The number of hydrogen-bond acceptors (Lipinski definition) is 6. The lowest BCUT2D eigenvalue weighted by Crippen LogP contribution is -2.01. The summed E-state index contributed by atoms with van der Waals surface area (Å²) in [6, 6.07) is 4.06. The van der Waals surface area contributed by atoms with Gasteiger partial charge in [-0.15, -0.1) is 11.3 Å². The molecule has 7 heteroatoms. The molecule has 0 aromatic carbocycles. The fourth-order valence-electron chi connectivity index (χ4n) is 1.96. The van der Waals surface area contributed by atoms with Gasteiger partial charge in [-0.3, -0.25) is 4.68 Å². The zero-order valence-electron chi connectivity index (χ0n) is 11.6. The molecule has 0 radical (unpaired) electrons. The second-order valence-electron chi connectivity index (χ2n) is 4.43. The fourth-order valence-corrected chi connectivity index (χ4v) is 2.92. The molecule has 3 aromatic rings. The quantitative estimate of drug-likeness (QED) is 0.772. The summed E-state index contributed by atoms with van der Waals surface area (Å²) in [6.45, 7) is 2.14. The Balaban J connectivity index is 2.09. The van der Waals surface area contributed by atoms with Crippen LogP contribution in [0.25, 0.3) is 10.2 Å². The van der Waals surface area contributed by atoms with Crippen LogP contribution >= 0.6 is 11.3 Å². The lowest BCUT2D eigenvalue weighted by Gasteiger charge is -2.06. The topological polar surface area (TPSA) is 67.7 Å². The number of nitrogens with zero attached hydrogens (tertiary/aromatic N) is 4. The molecule has 0 aliphatic heterocycles. The zero-order chi connectivity index (χ0) is 14.1. The van der Waals surface area contributed by atoms with Gasteiger partial charge in [-0.05, 0) is 12.5 Å². The predicted molar refractivity (Wildman–Crippen MR) is 82.8 cm³/mol. The van der Waals surface area contributed by atoms with Crippen molar-refractivity contribution in [2.24, 2.45) is 7.05 Å². The van der Waals surface area contributed by atoms with E-state index >= 15 is 0 Å². The van der Waals surface area contributed by atoms with Crippen LogP contribution in [0.3, 0.4) is 0 Å². The molecule has 0 aliphatic rings.